The van der Waals surface area contributed by atoms with Gasteiger partial charge in [-0.3, -0.25) is 4.79 Å². The monoisotopic (exact) mass is 451 g/mol. The van der Waals surface area contributed by atoms with Crippen molar-refractivity contribution in [3.63, 3.8) is 0 Å². The SMILES string of the molecule is CCCCc1ccc(NC(=O)CSc2ncnc3scc(-c4ccc(F)cc4)c23)cc1. The van der Waals surface area contributed by atoms with Crippen LogP contribution in [0.3, 0.4) is 0 Å². The fourth-order valence-corrected chi connectivity index (χ4v) is 5.06. The maximum Gasteiger partial charge on any atom is 0.234 e. The van der Waals surface area contributed by atoms with E-state index in [2.05, 4.69) is 34.3 Å². The fraction of sp³-hybridized carbons (Fsp3) is 0.208. The third-order valence-corrected chi connectivity index (χ3v) is 6.76. The summed E-state index contributed by atoms with van der Waals surface area (Å²) >= 11 is 2.89. The second kappa shape index (κ2) is 10.0. The average molecular weight is 452 g/mol. The molecule has 0 saturated carbocycles. The molecule has 0 unspecified atom stereocenters. The number of amides is 1. The zero-order valence-corrected chi connectivity index (χ0v) is 18.7. The highest BCUT2D eigenvalue weighted by atomic mass is 32.2. The Hall–Kier alpha value is -2.77. The Morgan fingerprint density at radius 1 is 1.10 bits per heavy atom. The number of fused-ring (bicyclic) bond motifs is 1. The van der Waals surface area contributed by atoms with Crippen molar-refractivity contribution in [3.8, 4) is 11.1 Å². The summed E-state index contributed by atoms with van der Waals surface area (Å²) in [5.41, 5.74) is 3.92. The molecule has 4 rings (SSSR count). The second-order valence-electron chi connectivity index (χ2n) is 7.15. The zero-order chi connectivity index (χ0) is 21.6. The maximum absolute atomic E-state index is 13.3. The second-order valence-corrected chi connectivity index (χ2v) is 8.97. The average Bonchev–Trinajstić information content (AvgIpc) is 3.22. The number of nitrogens with one attached hydrogen (secondary N) is 1. The van der Waals surface area contributed by atoms with Crippen LogP contribution in [0.5, 0.6) is 0 Å². The van der Waals surface area contributed by atoms with Gasteiger partial charge in [-0.15, -0.1) is 11.3 Å². The number of hydrogen-bond acceptors (Lipinski definition) is 5. The molecule has 2 aromatic heterocycles. The minimum absolute atomic E-state index is 0.0865. The Labute approximate surface area is 188 Å². The molecule has 7 heteroatoms. The molecule has 1 N–H and O–H groups in total. The van der Waals surface area contributed by atoms with Gasteiger partial charge in [0, 0.05) is 16.6 Å². The van der Waals surface area contributed by atoms with Gasteiger partial charge in [0.2, 0.25) is 5.91 Å². The summed E-state index contributed by atoms with van der Waals surface area (Å²) in [6.45, 7) is 2.18. The molecule has 0 radical (unpaired) electrons. The molecule has 1 amide bonds. The normalized spacial score (nSPS) is 11.0. The van der Waals surface area contributed by atoms with Crippen LogP contribution in [0, 0.1) is 5.82 Å². The van der Waals surface area contributed by atoms with Crippen LogP contribution in [0.25, 0.3) is 21.3 Å². The number of halogens is 1. The van der Waals surface area contributed by atoms with Gasteiger partial charge in [0.1, 0.15) is 22.0 Å². The maximum atomic E-state index is 13.3. The number of thiophene rings is 1. The number of nitrogens with zero attached hydrogens (tertiary/aromatic N) is 2. The van der Waals surface area contributed by atoms with E-state index in [4.69, 9.17) is 0 Å². The number of aromatic nitrogens is 2. The molecule has 0 aliphatic carbocycles. The van der Waals surface area contributed by atoms with E-state index in [0.717, 1.165) is 44.9 Å². The van der Waals surface area contributed by atoms with Crippen LogP contribution in [0.1, 0.15) is 25.3 Å². The van der Waals surface area contributed by atoms with Crippen molar-refractivity contribution in [2.75, 3.05) is 11.1 Å². The highest BCUT2D eigenvalue weighted by molar-refractivity contribution is 8.00. The van der Waals surface area contributed by atoms with E-state index in [1.165, 1.54) is 53.5 Å². The first-order valence-electron chi connectivity index (χ1n) is 10.1. The van der Waals surface area contributed by atoms with E-state index in [9.17, 15) is 9.18 Å². The zero-order valence-electron chi connectivity index (χ0n) is 17.1. The molecule has 31 heavy (non-hydrogen) atoms. The first-order chi connectivity index (χ1) is 15.1. The Balaban J connectivity index is 1.45. The summed E-state index contributed by atoms with van der Waals surface area (Å²) in [7, 11) is 0. The van der Waals surface area contributed by atoms with Crippen molar-refractivity contribution in [1.29, 1.82) is 0 Å². The predicted octanol–water partition coefficient (Wildman–Crippen LogP) is 6.57. The van der Waals surface area contributed by atoms with Crippen molar-refractivity contribution in [2.45, 2.75) is 31.2 Å². The molecule has 4 nitrogen and oxygen atoms in total. The number of anilines is 1. The summed E-state index contributed by atoms with van der Waals surface area (Å²) in [5, 5.41) is 6.59. The standard InChI is InChI=1S/C24H22FN3OS2/c1-2-3-4-16-5-11-19(12-6-16)28-21(29)14-31-24-22-20(13-30-23(22)26-15-27-24)17-7-9-18(25)10-8-17/h5-13,15H,2-4,14H2,1H3,(H,28,29). The summed E-state index contributed by atoms with van der Waals surface area (Å²) in [6.07, 6.45) is 4.90. The molecule has 0 spiro atoms. The lowest BCUT2D eigenvalue weighted by Gasteiger charge is -2.08. The Morgan fingerprint density at radius 2 is 1.87 bits per heavy atom. The van der Waals surface area contributed by atoms with Gasteiger partial charge in [0.15, 0.2) is 0 Å². The van der Waals surface area contributed by atoms with Crippen LogP contribution >= 0.6 is 23.1 Å². The Morgan fingerprint density at radius 3 is 2.61 bits per heavy atom. The molecule has 0 aliphatic heterocycles. The van der Waals surface area contributed by atoms with Gasteiger partial charge in [-0.05, 0) is 48.2 Å². The van der Waals surface area contributed by atoms with Gasteiger partial charge in [0.05, 0.1) is 11.1 Å². The fourth-order valence-electron chi connectivity index (χ4n) is 3.27. The van der Waals surface area contributed by atoms with Crippen LogP contribution in [0.4, 0.5) is 10.1 Å². The minimum atomic E-state index is -0.274. The molecule has 2 aromatic carbocycles. The third-order valence-electron chi connectivity index (χ3n) is 4.89. The highest BCUT2D eigenvalue weighted by Gasteiger charge is 2.15. The lowest BCUT2D eigenvalue weighted by Crippen LogP contribution is -2.14. The van der Waals surface area contributed by atoms with Crippen LogP contribution in [0.2, 0.25) is 0 Å². The molecule has 4 aromatic rings. The first-order valence-corrected chi connectivity index (χ1v) is 12.0. The van der Waals surface area contributed by atoms with Crippen LogP contribution in [-0.2, 0) is 11.2 Å². The van der Waals surface area contributed by atoms with E-state index in [1.54, 1.807) is 12.1 Å². The number of benzene rings is 2. The number of thioether (sulfide) groups is 1. The smallest absolute Gasteiger partial charge is 0.234 e. The van der Waals surface area contributed by atoms with Crippen molar-refractivity contribution in [2.24, 2.45) is 0 Å². The van der Waals surface area contributed by atoms with Crippen LogP contribution < -0.4 is 5.32 Å². The van der Waals surface area contributed by atoms with Crippen molar-refractivity contribution >= 4 is 44.9 Å². The van der Waals surface area contributed by atoms with Gasteiger partial charge in [-0.1, -0.05) is 49.4 Å². The molecule has 158 valence electrons. The van der Waals surface area contributed by atoms with Crippen LogP contribution in [-0.4, -0.2) is 21.6 Å². The van der Waals surface area contributed by atoms with Crippen molar-refractivity contribution < 1.29 is 9.18 Å². The molecular weight excluding hydrogens is 429 g/mol. The molecule has 0 fully saturated rings. The predicted molar refractivity (Wildman–Crippen MR) is 127 cm³/mol. The largest absolute Gasteiger partial charge is 0.325 e. The number of hydrogen-bond donors (Lipinski definition) is 1. The Kier molecular flexibility index (Phi) is 6.94. The van der Waals surface area contributed by atoms with E-state index in [0.29, 0.717) is 0 Å². The van der Waals surface area contributed by atoms with E-state index in [-0.39, 0.29) is 17.5 Å². The molecule has 0 saturated heterocycles. The summed E-state index contributed by atoms with van der Waals surface area (Å²) in [5.74, 6) is -0.122. The number of rotatable bonds is 8. The Bertz CT molecular complexity index is 1170. The molecule has 0 bridgehead atoms. The number of aryl methyl sites for hydroxylation is 1. The quantitative estimate of drug-likeness (QED) is 0.243. The molecule has 0 atom stereocenters. The van der Waals surface area contributed by atoms with Gasteiger partial charge >= 0.3 is 0 Å². The number of carbonyl (C=O) groups excluding carboxylic acids is 1. The summed E-state index contributed by atoms with van der Waals surface area (Å²) in [4.78, 5) is 22.1. The summed E-state index contributed by atoms with van der Waals surface area (Å²) in [6, 6.07) is 14.4. The number of unbranched alkanes of at least 4 members (excludes halogenated alkanes) is 1. The van der Waals surface area contributed by atoms with Crippen LogP contribution in [0.15, 0.2) is 65.3 Å². The van der Waals surface area contributed by atoms with Gasteiger partial charge in [-0.25, -0.2) is 14.4 Å². The van der Waals surface area contributed by atoms with E-state index >= 15 is 0 Å². The first kappa shape index (κ1) is 21.5. The lowest BCUT2D eigenvalue weighted by molar-refractivity contribution is -0.113. The van der Waals surface area contributed by atoms with Crippen molar-refractivity contribution in [1.82, 2.24) is 9.97 Å². The van der Waals surface area contributed by atoms with Gasteiger partial charge in [-0.2, -0.15) is 0 Å². The minimum Gasteiger partial charge on any atom is -0.325 e. The van der Waals surface area contributed by atoms with Gasteiger partial charge in [0.25, 0.3) is 0 Å². The summed E-state index contributed by atoms with van der Waals surface area (Å²) < 4.78 is 13.3. The van der Waals surface area contributed by atoms with Crippen molar-refractivity contribution in [3.05, 3.63) is 71.6 Å². The lowest BCUT2D eigenvalue weighted by atomic mass is 10.1. The van der Waals surface area contributed by atoms with E-state index < -0.39 is 0 Å². The number of carbonyl (C=O) groups is 1. The highest BCUT2D eigenvalue weighted by Crippen LogP contribution is 2.37. The molecule has 2 heterocycles. The van der Waals surface area contributed by atoms with E-state index in [1.807, 2.05) is 17.5 Å². The molecular formula is C24H22FN3OS2. The third kappa shape index (κ3) is 5.29. The molecule has 0 aliphatic rings. The van der Waals surface area contributed by atoms with Gasteiger partial charge < -0.3 is 5.32 Å². The topological polar surface area (TPSA) is 54.9 Å².